The molecule has 0 unspecified atom stereocenters. The molecule has 0 N–H and O–H groups in total. The van der Waals surface area contributed by atoms with E-state index >= 15 is 0 Å². The Hall–Kier alpha value is 0.870. The quantitative estimate of drug-likeness (QED) is 0.550. The van der Waals surface area contributed by atoms with Gasteiger partial charge in [0.15, 0.2) is 0 Å². The van der Waals surface area contributed by atoms with Gasteiger partial charge in [-0.25, -0.2) is 0 Å². The summed E-state index contributed by atoms with van der Waals surface area (Å²) in [5.41, 5.74) is 0. The van der Waals surface area contributed by atoms with Crippen LogP contribution in [0.2, 0.25) is 4.18 Å². The van der Waals surface area contributed by atoms with Crippen LogP contribution >= 0.6 is 0 Å². The first kappa shape index (κ1) is 7.87. The second-order valence-corrected chi connectivity index (χ2v) is 3.23. The first-order valence-electron chi connectivity index (χ1n) is 2.97. The van der Waals surface area contributed by atoms with Crippen LogP contribution in [0, 0.1) is 5.92 Å². The van der Waals surface area contributed by atoms with E-state index in [2.05, 4.69) is 13.8 Å². The molecular formula is C6H13Sc. The number of hydrogen-bond donors (Lipinski definition) is 0. The third-order valence-corrected chi connectivity index (χ3v) is 1.62. The molecular weight excluding hydrogens is 117 g/mol. The first-order valence-corrected chi connectivity index (χ1v) is 4.25. The molecule has 0 aliphatic heterocycles. The van der Waals surface area contributed by atoms with Crippen molar-refractivity contribution >= 4 is 0 Å². The molecule has 40 valence electrons. The van der Waals surface area contributed by atoms with E-state index < -0.39 is 0 Å². The third-order valence-electron chi connectivity index (χ3n) is 0.986. The molecule has 0 rings (SSSR count). The summed E-state index contributed by atoms with van der Waals surface area (Å²) < 4.78 is 1.41. The summed E-state index contributed by atoms with van der Waals surface area (Å²) in [4.78, 5) is 0. The van der Waals surface area contributed by atoms with E-state index in [1.807, 2.05) is 24.4 Å². The fourth-order valence-corrected chi connectivity index (χ4v) is 0.894. The molecule has 0 aromatic carbocycles. The van der Waals surface area contributed by atoms with Gasteiger partial charge in [-0.2, -0.15) is 0 Å². The fourth-order valence-electron chi connectivity index (χ4n) is 0.526. The molecule has 0 nitrogen and oxygen atoms in total. The van der Waals surface area contributed by atoms with Crippen LogP contribution in [0.1, 0.15) is 26.7 Å². The molecule has 0 saturated carbocycles. The van der Waals surface area contributed by atoms with Gasteiger partial charge in [0.05, 0.1) is 0 Å². The van der Waals surface area contributed by atoms with Crippen molar-refractivity contribution in [2.24, 2.45) is 5.92 Å². The number of rotatable bonds is 3. The topological polar surface area (TPSA) is 0 Å². The van der Waals surface area contributed by atoms with Crippen molar-refractivity contribution in [2.75, 3.05) is 0 Å². The molecule has 0 aromatic heterocycles. The molecule has 0 amide bonds. The molecule has 1 heteroatoms. The summed E-state index contributed by atoms with van der Waals surface area (Å²) in [6, 6.07) is 0. The number of hydrogen-bond acceptors (Lipinski definition) is 0. The monoisotopic (exact) mass is 130 g/mol. The van der Waals surface area contributed by atoms with Gasteiger partial charge in [0, 0.05) is 0 Å². The molecule has 0 spiro atoms. The first-order chi connectivity index (χ1) is 3.27. The predicted octanol–water partition coefficient (Wildman–Crippen LogP) is 2.39. The van der Waals surface area contributed by atoms with Crippen LogP contribution in [0.3, 0.4) is 0 Å². The Morgan fingerprint density at radius 1 is 1.43 bits per heavy atom. The van der Waals surface area contributed by atoms with Gasteiger partial charge < -0.3 is 0 Å². The van der Waals surface area contributed by atoms with E-state index in [1.54, 1.807) is 0 Å². The fraction of sp³-hybridized carbons (Fsp3) is 1.00. The molecule has 7 heavy (non-hydrogen) atoms. The Morgan fingerprint density at radius 2 is 2.00 bits per heavy atom. The average molecular weight is 130 g/mol. The van der Waals surface area contributed by atoms with Crippen LogP contribution in [0.5, 0.6) is 0 Å². The van der Waals surface area contributed by atoms with Crippen molar-refractivity contribution in [3.63, 3.8) is 0 Å². The van der Waals surface area contributed by atoms with Crippen molar-refractivity contribution in [3.05, 3.63) is 0 Å². The molecule has 0 fully saturated rings. The van der Waals surface area contributed by atoms with Gasteiger partial charge in [0.25, 0.3) is 0 Å². The zero-order valence-electron chi connectivity index (χ0n) is 5.28. The second-order valence-electron chi connectivity index (χ2n) is 2.32. The van der Waals surface area contributed by atoms with Gasteiger partial charge in [-0.1, -0.05) is 0 Å². The van der Waals surface area contributed by atoms with Crippen LogP contribution in [-0.2, 0) is 24.4 Å². The minimum atomic E-state index is 0.913. The van der Waals surface area contributed by atoms with Crippen LogP contribution in [-0.4, -0.2) is 0 Å². The van der Waals surface area contributed by atoms with E-state index in [0.29, 0.717) is 0 Å². The Morgan fingerprint density at radius 3 is 2.14 bits per heavy atom. The van der Waals surface area contributed by atoms with Crippen LogP contribution in [0.4, 0.5) is 0 Å². The zero-order chi connectivity index (χ0) is 5.70. The molecule has 0 saturated heterocycles. The van der Waals surface area contributed by atoms with Crippen molar-refractivity contribution in [1.29, 1.82) is 0 Å². The molecule has 0 atom stereocenters. The molecule has 0 bridgehead atoms. The van der Waals surface area contributed by atoms with Gasteiger partial charge in [0.2, 0.25) is 0 Å². The second kappa shape index (κ2) is 5.02. The Balaban J connectivity index is 2.68. The van der Waals surface area contributed by atoms with E-state index in [-0.39, 0.29) is 0 Å². The van der Waals surface area contributed by atoms with Crippen molar-refractivity contribution in [3.8, 4) is 0 Å². The molecule has 0 aromatic rings. The SMILES string of the molecule is CC(C)CC[CH2][Sc]. The zero-order valence-corrected chi connectivity index (χ0v) is 7.08. The summed E-state index contributed by atoms with van der Waals surface area (Å²) in [7, 11) is 0. The summed E-state index contributed by atoms with van der Waals surface area (Å²) in [6.07, 6.45) is 2.84. The van der Waals surface area contributed by atoms with E-state index in [9.17, 15) is 0 Å². The van der Waals surface area contributed by atoms with Crippen LogP contribution < -0.4 is 0 Å². The van der Waals surface area contributed by atoms with E-state index in [1.165, 1.54) is 17.0 Å². The summed E-state index contributed by atoms with van der Waals surface area (Å²) in [5.74, 6) is 0.913. The van der Waals surface area contributed by atoms with Gasteiger partial charge in [-0.3, -0.25) is 0 Å². The van der Waals surface area contributed by atoms with E-state index in [0.717, 1.165) is 5.92 Å². The molecule has 0 heterocycles. The molecule has 0 aliphatic rings. The van der Waals surface area contributed by atoms with Gasteiger partial charge in [0.1, 0.15) is 0 Å². The summed E-state index contributed by atoms with van der Waals surface area (Å²) in [6.45, 7) is 4.56. The molecule has 0 aliphatic carbocycles. The standard InChI is InChI=1S/C6H13.Sc/c1-4-5-6(2)3;/h6H,1,4-5H2,2-3H3;. The molecule has 0 radical (unpaired) electrons. The van der Waals surface area contributed by atoms with Crippen molar-refractivity contribution < 1.29 is 24.4 Å². The van der Waals surface area contributed by atoms with E-state index in [4.69, 9.17) is 0 Å². The minimum absolute atomic E-state index is 0.913. The summed E-state index contributed by atoms with van der Waals surface area (Å²) in [5, 5.41) is 0. The third kappa shape index (κ3) is 6.87. The Bertz CT molecular complexity index is 33.2. The van der Waals surface area contributed by atoms with Crippen LogP contribution in [0.25, 0.3) is 0 Å². The van der Waals surface area contributed by atoms with Crippen molar-refractivity contribution in [2.45, 2.75) is 30.9 Å². The summed E-state index contributed by atoms with van der Waals surface area (Å²) >= 11 is 1.86. The Kier molecular flexibility index (Phi) is 5.64. The average Bonchev–Trinajstić information content (AvgIpc) is 1.61. The van der Waals surface area contributed by atoms with Crippen molar-refractivity contribution in [1.82, 2.24) is 0 Å². The Labute approximate surface area is 61.3 Å². The van der Waals surface area contributed by atoms with Crippen LogP contribution in [0.15, 0.2) is 0 Å². The predicted molar refractivity (Wildman–Crippen MR) is 28.9 cm³/mol. The maximum atomic E-state index is 2.28. The normalized spacial score (nSPS) is 10.0. The van der Waals surface area contributed by atoms with Gasteiger partial charge in [-0.15, -0.1) is 0 Å². The van der Waals surface area contributed by atoms with Gasteiger partial charge in [-0.05, 0) is 0 Å². The van der Waals surface area contributed by atoms with Gasteiger partial charge >= 0.3 is 61.2 Å². The maximum absolute atomic E-state index is 2.28.